The number of benzene rings is 3. The average molecular weight is 466 g/mol. The summed E-state index contributed by atoms with van der Waals surface area (Å²) in [7, 11) is 0. The van der Waals surface area contributed by atoms with Gasteiger partial charge in [-0.05, 0) is 66.9 Å². The maximum absolute atomic E-state index is 12.1. The number of anilines is 1. The largest absolute Gasteiger partial charge is 0.490 e. The maximum atomic E-state index is 12.1. The molecule has 0 aliphatic carbocycles. The molecule has 3 aromatic carbocycles. The van der Waals surface area contributed by atoms with Gasteiger partial charge >= 0.3 is 11.8 Å². The molecule has 33 heavy (non-hydrogen) atoms. The molecular weight excluding hydrogens is 442 g/mol. The molecule has 0 saturated carbocycles. The summed E-state index contributed by atoms with van der Waals surface area (Å²) < 4.78 is 11.5. The van der Waals surface area contributed by atoms with Crippen molar-refractivity contribution in [2.24, 2.45) is 5.10 Å². The number of rotatable bonds is 8. The van der Waals surface area contributed by atoms with E-state index in [-0.39, 0.29) is 0 Å². The van der Waals surface area contributed by atoms with Crippen LogP contribution in [-0.4, -0.2) is 24.6 Å². The molecule has 0 bridgehead atoms. The van der Waals surface area contributed by atoms with Gasteiger partial charge < -0.3 is 14.8 Å². The van der Waals surface area contributed by atoms with E-state index in [9.17, 15) is 9.59 Å². The molecule has 0 aliphatic rings. The highest BCUT2D eigenvalue weighted by Gasteiger charge is 2.13. The van der Waals surface area contributed by atoms with Crippen LogP contribution in [-0.2, 0) is 16.2 Å². The van der Waals surface area contributed by atoms with Gasteiger partial charge in [0.25, 0.3) is 0 Å². The molecule has 0 aromatic heterocycles. The van der Waals surface area contributed by atoms with E-state index in [2.05, 4.69) is 15.8 Å². The first kappa shape index (κ1) is 23.8. The minimum absolute atomic E-state index is 0.358. The molecule has 0 saturated heterocycles. The second kappa shape index (κ2) is 11.7. The molecule has 0 spiro atoms. The van der Waals surface area contributed by atoms with Gasteiger partial charge in [0.15, 0.2) is 11.5 Å². The molecule has 0 radical (unpaired) electrons. The summed E-state index contributed by atoms with van der Waals surface area (Å²) in [6.45, 7) is 4.52. The fraction of sp³-hybridized carbons (Fsp3) is 0.160. The van der Waals surface area contributed by atoms with Crippen LogP contribution in [0.3, 0.4) is 0 Å². The van der Waals surface area contributed by atoms with E-state index in [1.54, 1.807) is 42.5 Å². The van der Waals surface area contributed by atoms with E-state index >= 15 is 0 Å². The van der Waals surface area contributed by atoms with E-state index < -0.39 is 11.8 Å². The molecule has 0 unspecified atom stereocenters. The van der Waals surface area contributed by atoms with Crippen molar-refractivity contribution in [1.29, 1.82) is 0 Å². The van der Waals surface area contributed by atoms with Crippen molar-refractivity contribution < 1.29 is 19.1 Å². The van der Waals surface area contributed by atoms with Gasteiger partial charge in [0.05, 0.1) is 12.8 Å². The van der Waals surface area contributed by atoms with Crippen molar-refractivity contribution in [2.75, 3.05) is 11.9 Å². The number of aryl methyl sites for hydroxylation is 1. The van der Waals surface area contributed by atoms with Crippen LogP contribution >= 0.6 is 11.6 Å². The smallest absolute Gasteiger partial charge is 0.329 e. The van der Waals surface area contributed by atoms with Gasteiger partial charge in [0.1, 0.15) is 6.61 Å². The number of amides is 2. The van der Waals surface area contributed by atoms with Gasteiger partial charge in [0, 0.05) is 10.7 Å². The highest BCUT2D eigenvalue weighted by Crippen LogP contribution is 2.29. The summed E-state index contributed by atoms with van der Waals surface area (Å²) in [4.78, 5) is 24.1. The van der Waals surface area contributed by atoms with Crippen molar-refractivity contribution >= 4 is 35.3 Å². The topological polar surface area (TPSA) is 89.0 Å². The van der Waals surface area contributed by atoms with Crippen LogP contribution in [0.25, 0.3) is 0 Å². The second-order valence-corrected chi connectivity index (χ2v) is 7.46. The fourth-order valence-electron chi connectivity index (χ4n) is 2.84. The van der Waals surface area contributed by atoms with Crippen molar-refractivity contribution in [3.63, 3.8) is 0 Å². The van der Waals surface area contributed by atoms with Crippen LogP contribution in [0.5, 0.6) is 11.5 Å². The number of carbonyl (C=O) groups is 2. The van der Waals surface area contributed by atoms with Crippen LogP contribution in [0.4, 0.5) is 5.69 Å². The quantitative estimate of drug-likeness (QED) is 0.286. The minimum atomic E-state index is -0.873. The Hall–Kier alpha value is -3.84. The van der Waals surface area contributed by atoms with Gasteiger partial charge in [-0.2, -0.15) is 5.10 Å². The van der Waals surface area contributed by atoms with E-state index in [1.807, 2.05) is 38.1 Å². The third-order valence-corrected chi connectivity index (χ3v) is 4.81. The van der Waals surface area contributed by atoms with E-state index in [0.717, 1.165) is 11.1 Å². The highest BCUT2D eigenvalue weighted by atomic mass is 35.5. The third-order valence-electron chi connectivity index (χ3n) is 4.55. The van der Waals surface area contributed by atoms with Crippen LogP contribution < -0.4 is 20.2 Å². The molecule has 3 aromatic rings. The summed E-state index contributed by atoms with van der Waals surface area (Å²) in [6.07, 6.45) is 1.42. The first-order valence-corrected chi connectivity index (χ1v) is 10.7. The zero-order chi connectivity index (χ0) is 23.6. The lowest BCUT2D eigenvalue weighted by atomic mass is 10.2. The standard InChI is InChI=1S/C25H24ClN3O4/c1-3-32-23-14-19(10-13-22(23)33-16-18-8-11-20(26)12-9-18)15-27-29-25(31)24(30)28-21-7-5-4-6-17(21)2/h4-15H,3,16H2,1-2H3,(H,28,30)(H,29,31)/b27-15+. The number of para-hydroxylation sites is 1. The number of hydrazone groups is 1. The Labute approximate surface area is 197 Å². The van der Waals surface area contributed by atoms with Crippen molar-refractivity contribution in [1.82, 2.24) is 5.43 Å². The van der Waals surface area contributed by atoms with Crippen LogP contribution in [0.1, 0.15) is 23.6 Å². The molecule has 2 N–H and O–H groups in total. The Morgan fingerprint density at radius 3 is 2.45 bits per heavy atom. The van der Waals surface area contributed by atoms with E-state index in [0.29, 0.717) is 41.0 Å². The maximum Gasteiger partial charge on any atom is 0.329 e. The number of halogens is 1. The fourth-order valence-corrected chi connectivity index (χ4v) is 2.97. The predicted octanol–water partition coefficient (Wildman–Crippen LogP) is 4.71. The summed E-state index contributed by atoms with van der Waals surface area (Å²) in [5, 5.41) is 7.08. The van der Waals surface area contributed by atoms with E-state index in [4.69, 9.17) is 21.1 Å². The molecule has 0 aliphatic heterocycles. The highest BCUT2D eigenvalue weighted by molar-refractivity contribution is 6.39. The first-order valence-electron chi connectivity index (χ1n) is 10.3. The number of hydrogen-bond donors (Lipinski definition) is 2. The predicted molar refractivity (Wildman–Crippen MR) is 129 cm³/mol. The zero-order valence-electron chi connectivity index (χ0n) is 18.3. The Morgan fingerprint density at radius 1 is 0.970 bits per heavy atom. The number of nitrogens with zero attached hydrogens (tertiary/aromatic N) is 1. The molecule has 0 atom stereocenters. The number of hydrogen-bond acceptors (Lipinski definition) is 5. The molecule has 7 nitrogen and oxygen atoms in total. The molecule has 8 heteroatoms. The summed E-state index contributed by atoms with van der Waals surface area (Å²) in [5.74, 6) is -0.561. The number of ether oxygens (including phenoxy) is 2. The van der Waals surface area contributed by atoms with Gasteiger partial charge in [-0.1, -0.05) is 41.9 Å². The minimum Gasteiger partial charge on any atom is -0.490 e. The zero-order valence-corrected chi connectivity index (χ0v) is 19.1. The van der Waals surface area contributed by atoms with Crippen molar-refractivity contribution in [3.05, 3.63) is 88.4 Å². The lowest BCUT2D eigenvalue weighted by molar-refractivity contribution is -0.136. The molecule has 3 rings (SSSR count). The SMILES string of the molecule is CCOc1cc(/C=N/NC(=O)C(=O)Nc2ccccc2C)ccc1OCc1ccc(Cl)cc1. The Balaban J connectivity index is 1.59. The van der Waals surface area contributed by atoms with Crippen LogP contribution in [0.2, 0.25) is 5.02 Å². The van der Waals surface area contributed by atoms with Gasteiger partial charge in [-0.3, -0.25) is 9.59 Å². The summed E-state index contributed by atoms with van der Waals surface area (Å²) in [6, 6.07) is 19.8. The van der Waals surface area contributed by atoms with Crippen molar-refractivity contribution in [2.45, 2.75) is 20.5 Å². The Kier molecular flexibility index (Phi) is 8.43. The first-order chi connectivity index (χ1) is 16.0. The lowest BCUT2D eigenvalue weighted by Gasteiger charge is -2.12. The summed E-state index contributed by atoms with van der Waals surface area (Å²) in [5.41, 5.74) is 5.28. The number of carbonyl (C=O) groups excluding carboxylic acids is 2. The number of nitrogens with one attached hydrogen (secondary N) is 2. The third kappa shape index (κ3) is 7.08. The lowest BCUT2D eigenvalue weighted by Crippen LogP contribution is -2.32. The van der Waals surface area contributed by atoms with Crippen LogP contribution in [0.15, 0.2) is 71.8 Å². The normalized spacial score (nSPS) is 10.6. The molecule has 0 fully saturated rings. The van der Waals surface area contributed by atoms with Gasteiger partial charge in [0.2, 0.25) is 0 Å². The Bertz CT molecular complexity index is 1150. The Morgan fingerprint density at radius 2 is 1.73 bits per heavy atom. The summed E-state index contributed by atoms with van der Waals surface area (Å²) >= 11 is 5.91. The van der Waals surface area contributed by atoms with Gasteiger partial charge in [-0.15, -0.1) is 0 Å². The van der Waals surface area contributed by atoms with Crippen LogP contribution in [0, 0.1) is 6.92 Å². The van der Waals surface area contributed by atoms with E-state index in [1.165, 1.54) is 6.21 Å². The van der Waals surface area contributed by atoms with Gasteiger partial charge in [-0.25, -0.2) is 5.43 Å². The molecule has 0 heterocycles. The van der Waals surface area contributed by atoms with Crippen molar-refractivity contribution in [3.8, 4) is 11.5 Å². The molecule has 2 amide bonds. The molecule has 170 valence electrons. The second-order valence-electron chi connectivity index (χ2n) is 7.02. The average Bonchev–Trinajstić information content (AvgIpc) is 2.81. The monoisotopic (exact) mass is 465 g/mol. The molecular formula is C25H24ClN3O4.